The van der Waals surface area contributed by atoms with Crippen LogP contribution in [0.4, 0.5) is 0 Å². The Hall–Kier alpha value is -0.120. The second kappa shape index (κ2) is 7.34. The van der Waals surface area contributed by atoms with Gasteiger partial charge in [0.2, 0.25) is 0 Å². The van der Waals surface area contributed by atoms with Gasteiger partial charge in [-0.1, -0.05) is 13.8 Å². The number of hydrogen-bond acceptors (Lipinski definition) is 3. The van der Waals surface area contributed by atoms with Crippen molar-refractivity contribution < 1.29 is 5.11 Å². The lowest BCUT2D eigenvalue weighted by atomic mass is 9.98. The maximum Gasteiger partial charge on any atom is 0.0611 e. The van der Waals surface area contributed by atoms with Crippen LogP contribution < -0.4 is 5.32 Å². The minimum Gasteiger partial charge on any atom is -0.394 e. The summed E-state index contributed by atoms with van der Waals surface area (Å²) in [6, 6.07) is 0. The molecule has 102 valence electrons. The second-order valence-electron chi connectivity index (χ2n) is 5.74. The molecule has 1 saturated carbocycles. The third kappa shape index (κ3) is 5.84. The molecule has 3 heteroatoms. The summed E-state index contributed by atoms with van der Waals surface area (Å²) in [5, 5.41) is 12.9. The van der Waals surface area contributed by atoms with Crippen molar-refractivity contribution in [3.63, 3.8) is 0 Å². The van der Waals surface area contributed by atoms with Crippen LogP contribution in [0.3, 0.4) is 0 Å². The third-order valence-corrected chi connectivity index (χ3v) is 3.69. The monoisotopic (exact) mass is 242 g/mol. The number of nitrogens with zero attached hydrogens (tertiary/aromatic N) is 1. The molecule has 0 aliphatic heterocycles. The molecule has 0 radical (unpaired) electrons. The highest BCUT2D eigenvalue weighted by atomic mass is 16.3. The number of hydrogen-bond donors (Lipinski definition) is 2. The van der Waals surface area contributed by atoms with E-state index >= 15 is 0 Å². The molecule has 2 N–H and O–H groups in total. The summed E-state index contributed by atoms with van der Waals surface area (Å²) in [5.74, 6) is 0.959. The van der Waals surface area contributed by atoms with E-state index in [0.717, 1.165) is 25.4 Å². The first-order chi connectivity index (χ1) is 8.13. The molecule has 0 spiro atoms. The maximum atomic E-state index is 9.47. The van der Waals surface area contributed by atoms with Gasteiger partial charge in [0.1, 0.15) is 0 Å². The number of aliphatic hydroxyl groups is 1. The van der Waals surface area contributed by atoms with Gasteiger partial charge in [0.05, 0.1) is 6.61 Å². The summed E-state index contributed by atoms with van der Waals surface area (Å²) in [6.07, 6.45) is 5.10. The van der Waals surface area contributed by atoms with Gasteiger partial charge >= 0.3 is 0 Å². The van der Waals surface area contributed by atoms with Crippen molar-refractivity contribution in [1.29, 1.82) is 0 Å². The van der Waals surface area contributed by atoms with Gasteiger partial charge in [-0.2, -0.15) is 0 Å². The predicted molar refractivity (Wildman–Crippen MR) is 73.2 cm³/mol. The van der Waals surface area contributed by atoms with Crippen LogP contribution >= 0.6 is 0 Å². The number of likely N-dealkylation sites (N-methyl/N-ethyl adjacent to an activating group) is 1. The topological polar surface area (TPSA) is 35.5 Å². The minimum atomic E-state index is -0.107. The van der Waals surface area contributed by atoms with Gasteiger partial charge in [-0.05, 0) is 58.2 Å². The van der Waals surface area contributed by atoms with Crippen LogP contribution in [-0.4, -0.2) is 48.3 Å². The zero-order valence-electron chi connectivity index (χ0n) is 11.8. The van der Waals surface area contributed by atoms with E-state index in [1.165, 1.54) is 32.4 Å². The highest BCUT2D eigenvalue weighted by molar-refractivity contribution is 4.84. The van der Waals surface area contributed by atoms with Crippen LogP contribution in [0, 0.1) is 5.92 Å². The normalized spacial score (nSPS) is 19.6. The van der Waals surface area contributed by atoms with E-state index in [1.807, 2.05) is 0 Å². The largest absolute Gasteiger partial charge is 0.394 e. The van der Waals surface area contributed by atoms with Gasteiger partial charge in [0.25, 0.3) is 0 Å². The van der Waals surface area contributed by atoms with Gasteiger partial charge in [-0.3, -0.25) is 0 Å². The molecule has 0 aromatic carbocycles. The first kappa shape index (κ1) is 14.9. The maximum absolute atomic E-state index is 9.47. The molecular weight excluding hydrogens is 212 g/mol. The summed E-state index contributed by atoms with van der Waals surface area (Å²) in [4.78, 5) is 2.57. The first-order valence-electron chi connectivity index (χ1n) is 7.21. The summed E-state index contributed by atoms with van der Waals surface area (Å²) in [6.45, 7) is 11.2. The van der Waals surface area contributed by atoms with E-state index < -0.39 is 0 Å². The molecule has 3 nitrogen and oxygen atoms in total. The van der Waals surface area contributed by atoms with Gasteiger partial charge in [-0.15, -0.1) is 0 Å². The van der Waals surface area contributed by atoms with Crippen LogP contribution in [0.1, 0.15) is 46.5 Å². The lowest BCUT2D eigenvalue weighted by Crippen LogP contribution is -2.48. The van der Waals surface area contributed by atoms with E-state index in [4.69, 9.17) is 0 Å². The molecule has 1 aliphatic carbocycles. The fourth-order valence-corrected chi connectivity index (χ4v) is 2.33. The van der Waals surface area contributed by atoms with Crippen LogP contribution in [-0.2, 0) is 0 Å². The Kier molecular flexibility index (Phi) is 6.45. The molecule has 0 aromatic rings. The van der Waals surface area contributed by atoms with Crippen molar-refractivity contribution in [2.45, 2.75) is 52.0 Å². The van der Waals surface area contributed by atoms with Crippen LogP contribution in [0.25, 0.3) is 0 Å². The summed E-state index contributed by atoms with van der Waals surface area (Å²) in [7, 11) is 0. The summed E-state index contributed by atoms with van der Waals surface area (Å²) >= 11 is 0. The van der Waals surface area contributed by atoms with Crippen molar-refractivity contribution >= 4 is 0 Å². The van der Waals surface area contributed by atoms with E-state index in [0.29, 0.717) is 0 Å². The Morgan fingerprint density at radius 1 is 1.29 bits per heavy atom. The van der Waals surface area contributed by atoms with Crippen LogP contribution in [0.2, 0.25) is 0 Å². The second-order valence-corrected chi connectivity index (χ2v) is 5.74. The number of nitrogens with one attached hydrogen (secondary N) is 1. The molecule has 0 aromatic heterocycles. The standard InChI is InChI=1S/C14H30N2O/c1-4-9-16(11-13-6-7-13)10-8-14(3,12-17)15-5-2/h13,15,17H,4-12H2,1-3H3. The number of aliphatic hydroxyl groups excluding tert-OH is 1. The van der Waals surface area contributed by atoms with E-state index in [1.54, 1.807) is 0 Å². The molecule has 1 aliphatic rings. The lowest BCUT2D eigenvalue weighted by molar-refractivity contribution is 0.145. The highest BCUT2D eigenvalue weighted by Gasteiger charge is 2.26. The summed E-state index contributed by atoms with van der Waals surface area (Å²) in [5.41, 5.74) is -0.107. The summed E-state index contributed by atoms with van der Waals surface area (Å²) < 4.78 is 0. The molecule has 1 rings (SSSR count). The SMILES string of the molecule is CCCN(CCC(C)(CO)NCC)CC1CC1. The highest BCUT2D eigenvalue weighted by Crippen LogP contribution is 2.30. The predicted octanol–water partition coefficient (Wildman–Crippen LogP) is 1.86. The Labute approximate surface area is 107 Å². The van der Waals surface area contributed by atoms with Crippen LogP contribution in [0.5, 0.6) is 0 Å². The zero-order valence-corrected chi connectivity index (χ0v) is 11.8. The average molecular weight is 242 g/mol. The molecule has 1 atom stereocenters. The molecule has 17 heavy (non-hydrogen) atoms. The Bertz CT molecular complexity index is 206. The van der Waals surface area contributed by atoms with Gasteiger partial charge < -0.3 is 15.3 Å². The Balaban J connectivity index is 2.31. The Morgan fingerprint density at radius 2 is 2.00 bits per heavy atom. The van der Waals surface area contributed by atoms with Crippen molar-refractivity contribution in [2.24, 2.45) is 5.92 Å². The third-order valence-electron chi connectivity index (χ3n) is 3.69. The quantitative estimate of drug-likeness (QED) is 0.614. The van der Waals surface area contributed by atoms with Crippen molar-refractivity contribution in [3.8, 4) is 0 Å². The molecule has 0 bridgehead atoms. The van der Waals surface area contributed by atoms with Crippen molar-refractivity contribution in [1.82, 2.24) is 10.2 Å². The Morgan fingerprint density at radius 3 is 2.47 bits per heavy atom. The van der Waals surface area contributed by atoms with Gasteiger partial charge in [-0.25, -0.2) is 0 Å². The van der Waals surface area contributed by atoms with E-state index in [2.05, 4.69) is 31.0 Å². The van der Waals surface area contributed by atoms with Crippen LogP contribution in [0.15, 0.2) is 0 Å². The molecular formula is C14H30N2O. The molecule has 1 fully saturated rings. The molecule has 0 heterocycles. The first-order valence-corrected chi connectivity index (χ1v) is 7.21. The fraction of sp³-hybridized carbons (Fsp3) is 1.00. The van der Waals surface area contributed by atoms with E-state index in [-0.39, 0.29) is 12.1 Å². The average Bonchev–Trinajstić information content (AvgIpc) is 3.11. The van der Waals surface area contributed by atoms with Gasteiger partial charge in [0, 0.05) is 12.1 Å². The van der Waals surface area contributed by atoms with Crippen molar-refractivity contribution in [2.75, 3.05) is 32.8 Å². The molecule has 1 unspecified atom stereocenters. The minimum absolute atomic E-state index is 0.107. The number of rotatable bonds is 10. The van der Waals surface area contributed by atoms with Gasteiger partial charge in [0.15, 0.2) is 0 Å². The molecule has 0 saturated heterocycles. The zero-order chi connectivity index (χ0) is 12.7. The van der Waals surface area contributed by atoms with Crippen molar-refractivity contribution in [3.05, 3.63) is 0 Å². The fourth-order valence-electron chi connectivity index (χ4n) is 2.33. The smallest absolute Gasteiger partial charge is 0.0611 e. The van der Waals surface area contributed by atoms with E-state index in [9.17, 15) is 5.11 Å². The molecule has 0 amide bonds. The lowest BCUT2D eigenvalue weighted by Gasteiger charge is -2.31.